The summed E-state index contributed by atoms with van der Waals surface area (Å²) in [6.07, 6.45) is 4.87. The second-order valence-corrected chi connectivity index (χ2v) is 9.65. The van der Waals surface area contributed by atoms with E-state index in [1.54, 1.807) is 36.1 Å². The Morgan fingerprint density at radius 1 is 1.10 bits per heavy atom. The highest BCUT2D eigenvalue weighted by Crippen LogP contribution is 2.37. The van der Waals surface area contributed by atoms with Crippen molar-refractivity contribution >= 4 is 27.5 Å². The monoisotopic (exact) mass is 446 g/mol. The molecule has 1 aliphatic rings. The van der Waals surface area contributed by atoms with Crippen LogP contribution in [0, 0.1) is 10.1 Å². The van der Waals surface area contributed by atoms with Gasteiger partial charge in [0, 0.05) is 44.2 Å². The van der Waals surface area contributed by atoms with Gasteiger partial charge in [-0.15, -0.1) is 10.2 Å². The SMILES string of the molecule is Cn1c(Sc2ccc(S(=O)(=O)N3CCCC3)cc2[N+](=O)[O-])nnc1-c1ccncc1. The van der Waals surface area contributed by atoms with Gasteiger partial charge in [-0.25, -0.2) is 8.42 Å². The molecule has 0 spiro atoms. The van der Waals surface area contributed by atoms with Gasteiger partial charge in [-0.05, 0) is 48.9 Å². The van der Waals surface area contributed by atoms with Crippen LogP contribution < -0.4 is 0 Å². The largest absolute Gasteiger partial charge is 0.305 e. The van der Waals surface area contributed by atoms with E-state index in [-0.39, 0.29) is 15.5 Å². The molecule has 0 unspecified atom stereocenters. The lowest BCUT2D eigenvalue weighted by Gasteiger charge is -2.15. The van der Waals surface area contributed by atoms with E-state index in [9.17, 15) is 18.5 Å². The molecule has 0 bridgehead atoms. The third kappa shape index (κ3) is 3.80. The first-order valence-corrected chi connectivity index (χ1v) is 11.4. The first-order chi connectivity index (χ1) is 14.4. The zero-order valence-electron chi connectivity index (χ0n) is 16.0. The van der Waals surface area contributed by atoms with Gasteiger partial charge in [-0.1, -0.05) is 0 Å². The molecule has 1 fully saturated rings. The van der Waals surface area contributed by atoms with Gasteiger partial charge in [-0.2, -0.15) is 4.31 Å². The average Bonchev–Trinajstić information content (AvgIpc) is 3.40. The van der Waals surface area contributed by atoms with Gasteiger partial charge in [0.25, 0.3) is 5.69 Å². The molecule has 0 amide bonds. The topological polar surface area (TPSA) is 124 Å². The van der Waals surface area contributed by atoms with Crippen molar-refractivity contribution < 1.29 is 13.3 Å². The van der Waals surface area contributed by atoms with Crippen molar-refractivity contribution in [1.82, 2.24) is 24.1 Å². The highest BCUT2D eigenvalue weighted by molar-refractivity contribution is 7.99. The van der Waals surface area contributed by atoms with Crippen LogP contribution in [0.4, 0.5) is 5.69 Å². The molecule has 0 saturated carbocycles. The number of nitro groups is 1. The fraction of sp³-hybridized carbons (Fsp3) is 0.278. The molecule has 156 valence electrons. The van der Waals surface area contributed by atoms with E-state index in [0.29, 0.717) is 24.1 Å². The molecule has 4 rings (SSSR count). The van der Waals surface area contributed by atoms with E-state index in [1.807, 2.05) is 0 Å². The zero-order valence-corrected chi connectivity index (χ0v) is 17.6. The molecule has 1 aromatic carbocycles. The summed E-state index contributed by atoms with van der Waals surface area (Å²) >= 11 is 1.06. The van der Waals surface area contributed by atoms with E-state index < -0.39 is 14.9 Å². The summed E-state index contributed by atoms with van der Waals surface area (Å²) in [5, 5.41) is 20.4. The first-order valence-electron chi connectivity index (χ1n) is 9.14. The zero-order chi connectivity index (χ0) is 21.3. The van der Waals surface area contributed by atoms with Gasteiger partial charge >= 0.3 is 0 Å². The summed E-state index contributed by atoms with van der Waals surface area (Å²) in [4.78, 5) is 15.3. The fourth-order valence-electron chi connectivity index (χ4n) is 3.22. The highest BCUT2D eigenvalue weighted by Gasteiger charge is 2.30. The molecule has 30 heavy (non-hydrogen) atoms. The molecular formula is C18H18N6O4S2. The number of nitrogens with zero attached hydrogens (tertiary/aromatic N) is 6. The Labute approximate surface area is 177 Å². The number of benzene rings is 1. The Kier molecular flexibility index (Phi) is 5.54. The van der Waals surface area contributed by atoms with E-state index in [4.69, 9.17) is 0 Å². The minimum absolute atomic E-state index is 0.0733. The van der Waals surface area contributed by atoms with Crippen molar-refractivity contribution in [1.29, 1.82) is 0 Å². The lowest BCUT2D eigenvalue weighted by atomic mass is 10.2. The van der Waals surface area contributed by atoms with Gasteiger partial charge in [0.2, 0.25) is 10.0 Å². The number of hydrogen-bond donors (Lipinski definition) is 0. The van der Waals surface area contributed by atoms with Crippen LogP contribution in [-0.2, 0) is 17.1 Å². The van der Waals surface area contributed by atoms with Crippen LogP contribution in [0.2, 0.25) is 0 Å². The van der Waals surface area contributed by atoms with Crippen molar-refractivity contribution in [3.05, 3.63) is 52.8 Å². The van der Waals surface area contributed by atoms with E-state index in [2.05, 4.69) is 15.2 Å². The van der Waals surface area contributed by atoms with Crippen LogP contribution in [-0.4, -0.2) is 50.5 Å². The lowest BCUT2D eigenvalue weighted by molar-refractivity contribution is -0.388. The summed E-state index contributed by atoms with van der Waals surface area (Å²) in [7, 11) is -1.98. The predicted molar refractivity (Wildman–Crippen MR) is 109 cm³/mol. The second kappa shape index (κ2) is 8.13. The molecule has 3 aromatic rings. The Morgan fingerprint density at radius 2 is 1.80 bits per heavy atom. The van der Waals surface area contributed by atoms with Crippen molar-refractivity contribution in [2.45, 2.75) is 27.8 Å². The third-order valence-electron chi connectivity index (χ3n) is 4.80. The number of aromatic nitrogens is 4. The van der Waals surface area contributed by atoms with Gasteiger partial charge in [0.05, 0.1) is 14.7 Å². The molecule has 0 atom stereocenters. The van der Waals surface area contributed by atoms with E-state index in [0.717, 1.165) is 36.2 Å². The van der Waals surface area contributed by atoms with Gasteiger partial charge in [0.15, 0.2) is 11.0 Å². The molecule has 10 nitrogen and oxygen atoms in total. The summed E-state index contributed by atoms with van der Waals surface area (Å²) in [5.74, 6) is 0.593. The minimum atomic E-state index is -3.74. The number of hydrogen-bond acceptors (Lipinski definition) is 8. The maximum absolute atomic E-state index is 12.8. The predicted octanol–water partition coefficient (Wildman–Crippen LogP) is 2.72. The lowest BCUT2D eigenvalue weighted by Crippen LogP contribution is -2.27. The van der Waals surface area contributed by atoms with Crippen molar-refractivity contribution in [3.63, 3.8) is 0 Å². The van der Waals surface area contributed by atoms with Crippen LogP contribution in [0.1, 0.15) is 12.8 Å². The van der Waals surface area contributed by atoms with Gasteiger partial charge in [-0.3, -0.25) is 15.1 Å². The van der Waals surface area contributed by atoms with Crippen molar-refractivity contribution in [2.75, 3.05) is 13.1 Å². The smallest absolute Gasteiger partial charge is 0.284 e. The first kappa shape index (κ1) is 20.4. The van der Waals surface area contributed by atoms with Crippen molar-refractivity contribution in [2.24, 2.45) is 7.05 Å². The molecule has 3 heterocycles. The van der Waals surface area contributed by atoms with Crippen LogP contribution in [0.5, 0.6) is 0 Å². The minimum Gasteiger partial charge on any atom is -0.305 e. The molecule has 0 N–H and O–H groups in total. The molecule has 0 radical (unpaired) electrons. The molecular weight excluding hydrogens is 428 g/mol. The Bertz CT molecular complexity index is 1190. The third-order valence-corrected chi connectivity index (χ3v) is 7.80. The van der Waals surface area contributed by atoms with Gasteiger partial charge in [0.1, 0.15) is 0 Å². The summed E-state index contributed by atoms with van der Waals surface area (Å²) < 4.78 is 28.6. The van der Waals surface area contributed by atoms with Crippen LogP contribution in [0.15, 0.2) is 57.7 Å². The van der Waals surface area contributed by atoms with Crippen molar-refractivity contribution in [3.8, 4) is 11.4 Å². The maximum atomic E-state index is 12.8. The standard InChI is InChI=1S/C18H18N6O4S2/c1-22-17(13-6-8-19-9-7-13)20-21-18(22)29-16-5-4-14(12-15(16)24(25)26)30(27,28)23-10-2-3-11-23/h4-9,12H,2-3,10-11H2,1H3. The molecule has 0 aliphatic carbocycles. The molecule has 1 aliphatic heterocycles. The second-order valence-electron chi connectivity index (χ2n) is 6.70. The Hall–Kier alpha value is -2.83. The number of rotatable bonds is 6. The van der Waals surface area contributed by atoms with Gasteiger partial charge < -0.3 is 4.57 Å². The number of sulfonamides is 1. The number of nitro benzene ring substituents is 1. The van der Waals surface area contributed by atoms with E-state index >= 15 is 0 Å². The fourth-order valence-corrected chi connectivity index (χ4v) is 5.63. The average molecular weight is 447 g/mol. The van der Waals surface area contributed by atoms with Crippen LogP contribution >= 0.6 is 11.8 Å². The summed E-state index contributed by atoms with van der Waals surface area (Å²) in [6.45, 7) is 0.868. The highest BCUT2D eigenvalue weighted by atomic mass is 32.2. The quantitative estimate of drug-likeness (QED) is 0.418. The Morgan fingerprint density at radius 3 is 2.47 bits per heavy atom. The summed E-state index contributed by atoms with van der Waals surface area (Å²) in [5.41, 5.74) is 0.530. The molecule has 12 heteroatoms. The van der Waals surface area contributed by atoms with Crippen LogP contribution in [0.3, 0.4) is 0 Å². The maximum Gasteiger partial charge on any atom is 0.284 e. The van der Waals surface area contributed by atoms with E-state index in [1.165, 1.54) is 16.4 Å². The normalized spacial score (nSPS) is 14.8. The van der Waals surface area contributed by atoms with Crippen LogP contribution in [0.25, 0.3) is 11.4 Å². The number of pyridine rings is 1. The summed E-state index contributed by atoms with van der Waals surface area (Å²) in [6, 6.07) is 7.56. The Balaban J connectivity index is 1.67. The molecule has 1 saturated heterocycles. The molecule has 2 aromatic heterocycles.